The number of carbonyl (C=O) groups is 3. The van der Waals surface area contributed by atoms with Crippen molar-refractivity contribution in [2.75, 3.05) is 45.7 Å². The Morgan fingerprint density at radius 3 is 2.50 bits per heavy atom. The van der Waals surface area contributed by atoms with Gasteiger partial charge in [-0.2, -0.15) is 0 Å². The van der Waals surface area contributed by atoms with Crippen LogP contribution in [0.5, 0.6) is 0 Å². The predicted molar refractivity (Wildman–Crippen MR) is 182 cm³/mol. The summed E-state index contributed by atoms with van der Waals surface area (Å²) in [6, 6.07) is 11.7. The molecular weight excluding hydrogens is 647 g/mol. The Kier molecular flexibility index (Phi) is 10.2. The molecule has 12 heteroatoms. The minimum atomic E-state index is -0.732. The number of carbonyl (C=O) groups excluding carboxylic acids is 2. The highest BCUT2D eigenvalue weighted by Gasteiger charge is 2.43. The molecule has 2 atom stereocenters. The van der Waals surface area contributed by atoms with E-state index in [-0.39, 0.29) is 42.3 Å². The number of nitrogens with zero attached hydrogens (tertiary/aromatic N) is 3. The lowest BCUT2D eigenvalue weighted by atomic mass is 9.87. The Morgan fingerprint density at radius 1 is 1.04 bits per heavy atom. The van der Waals surface area contributed by atoms with Crippen molar-refractivity contribution in [1.82, 2.24) is 14.7 Å². The van der Waals surface area contributed by atoms with Crippen LogP contribution in [-0.2, 0) is 20.7 Å². The number of hydrogen-bond acceptors (Lipinski definition) is 7. The Labute approximate surface area is 283 Å². The Morgan fingerprint density at radius 2 is 1.78 bits per heavy atom. The highest BCUT2D eigenvalue weighted by Crippen LogP contribution is 2.34. The molecule has 3 heterocycles. The first kappa shape index (κ1) is 33.2. The van der Waals surface area contributed by atoms with Crippen LogP contribution in [0.1, 0.15) is 48.0 Å². The lowest BCUT2D eigenvalue weighted by Crippen LogP contribution is -2.61. The number of amides is 2. The molecule has 246 valence electrons. The molecule has 0 radical (unpaired) electrons. The molecule has 2 aliphatic heterocycles. The lowest BCUT2D eigenvalue weighted by molar-refractivity contribution is -0.144. The number of benzene rings is 2. The zero-order chi connectivity index (χ0) is 32.5. The molecule has 1 aromatic heterocycles. The number of halogens is 2. The Hall–Kier alpha value is -2.73. The van der Waals surface area contributed by atoms with E-state index >= 15 is 0 Å². The summed E-state index contributed by atoms with van der Waals surface area (Å²) in [4.78, 5) is 44.9. The van der Waals surface area contributed by atoms with Gasteiger partial charge in [-0.25, -0.2) is 0 Å². The van der Waals surface area contributed by atoms with Gasteiger partial charge < -0.3 is 25.0 Å². The van der Waals surface area contributed by atoms with Gasteiger partial charge in [0.25, 0.3) is 5.91 Å². The molecule has 2 N–H and O–H groups in total. The van der Waals surface area contributed by atoms with Crippen LogP contribution < -0.4 is 5.32 Å². The summed E-state index contributed by atoms with van der Waals surface area (Å²) < 4.78 is 7.34. The average Bonchev–Trinajstić information content (AvgIpc) is 3.62. The smallest absolute Gasteiger partial charge is 0.306 e. The number of ether oxygens (including phenoxy) is 1. The van der Waals surface area contributed by atoms with E-state index < -0.39 is 5.97 Å². The minimum absolute atomic E-state index is 0.0109. The van der Waals surface area contributed by atoms with E-state index in [1.54, 1.807) is 12.1 Å². The molecular formula is C34H40Cl2N4O5S. The molecule has 46 heavy (non-hydrogen) atoms. The van der Waals surface area contributed by atoms with Crippen LogP contribution in [0.2, 0.25) is 10.0 Å². The van der Waals surface area contributed by atoms with Gasteiger partial charge in [0.05, 0.1) is 47.4 Å². The van der Waals surface area contributed by atoms with Crippen LogP contribution in [0.4, 0.5) is 5.69 Å². The number of rotatable bonds is 10. The molecule has 3 aliphatic rings. The molecule has 1 saturated carbocycles. The third kappa shape index (κ3) is 7.22. The highest BCUT2D eigenvalue weighted by molar-refractivity contribution is 7.17. The summed E-state index contributed by atoms with van der Waals surface area (Å²) in [6.07, 6.45) is 3.60. The van der Waals surface area contributed by atoms with E-state index in [0.717, 1.165) is 42.4 Å². The SMILES string of the molecule is CN(C)C1CN([C@H]2C[C@@H](CO[C@H]3CC[C@H](C(=O)O)CC3)N(C(=O)Cc3cc(Cl)c(NC(=O)c4csc5ccccc45)cc3Cl)C2)C1. The number of hydrogen-bond donors (Lipinski definition) is 2. The van der Waals surface area contributed by atoms with E-state index in [0.29, 0.717) is 58.9 Å². The number of aliphatic carboxylic acids is 1. The molecule has 6 rings (SSSR count). The first-order valence-corrected chi connectivity index (χ1v) is 17.5. The van der Waals surface area contributed by atoms with Crippen LogP contribution in [0.15, 0.2) is 41.8 Å². The standard InChI is InChI=1S/C34H40Cl2N4O5S/c1-38(2)24-15-39(16-24)22-13-23(18-45-25-9-7-20(8-10-25)34(43)44)40(17-22)32(41)12-21-11-29(36)30(14-28(21)35)37-33(42)27-19-46-31-6-4-3-5-26(27)31/h3-6,11,14,19-20,22-25H,7-10,12-13,15-18H2,1-2H3,(H,37,42)(H,43,44)/t20-,22-,23-,25-/m0/s1. The van der Waals surface area contributed by atoms with Gasteiger partial charge in [-0.15, -0.1) is 11.3 Å². The van der Waals surface area contributed by atoms with Gasteiger partial charge in [-0.3, -0.25) is 19.3 Å². The van der Waals surface area contributed by atoms with Crippen LogP contribution in [-0.4, -0.2) is 102 Å². The molecule has 9 nitrogen and oxygen atoms in total. The van der Waals surface area contributed by atoms with Gasteiger partial charge >= 0.3 is 5.97 Å². The molecule has 2 aromatic carbocycles. The van der Waals surface area contributed by atoms with Gasteiger partial charge in [0, 0.05) is 52.2 Å². The van der Waals surface area contributed by atoms with Crippen molar-refractivity contribution in [3.63, 3.8) is 0 Å². The van der Waals surface area contributed by atoms with Crippen molar-refractivity contribution in [3.05, 3.63) is 63.0 Å². The summed E-state index contributed by atoms with van der Waals surface area (Å²) in [5, 5.41) is 15.6. The maximum Gasteiger partial charge on any atom is 0.306 e. The number of anilines is 1. The second-order valence-electron chi connectivity index (χ2n) is 13.0. The topological polar surface area (TPSA) is 102 Å². The summed E-state index contributed by atoms with van der Waals surface area (Å²) in [5.74, 6) is -1.35. The van der Waals surface area contributed by atoms with Crippen LogP contribution in [0, 0.1) is 5.92 Å². The van der Waals surface area contributed by atoms with Crippen LogP contribution in [0.3, 0.4) is 0 Å². The number of nitrogens with one attached hydrogen (secondary N) is 1. The van der Waals surface area contributed by atoms with Crippen LogP contribution in [0.25, 0.3) is 10.1 Å². The predicted octanol–water partition coefficient (Wildman–Crippen LogP) is 5.88. The summed E-state index contributed by atoms with van der Waals surface area (Å²) in [6.45, 7) is 2.99. The van der Waals surface area contributed by atoms with Gasteiger partial charge in [-0.05, 0) is 70.0 Å². The number of fused-ring (bicyclic) bond motifs is 1. The first-order chi connectivity index (χ1) is 22.1. The second-order valence-corrected chi connectivity index (χ2v) is 14.7. The van der Waals surface area contributed by atoms with Gasteiger partial charge in [0.2, 0.25) is 5.91 Å². The quantitative estimate of drug-likeness (QED) is 0.275. The third-order valence-electron chi connectivity index (χ3n) is 9.85. The monoisotopic (exact) mass is 686 g/mol. The van der Waals surface area contributed by atoms with E-state index in [2.05, 4.69) is 29.2 Å². The molecule has 0 spiro atoms. The molecule has 2 saturated heterocycles. The van der Waals surface area contributed by atoms with Gasteiger partial charge in [0.1, 0.15) is 0 Å². The normalized spacial score (nSPS) is 24.0. The fourth-order valence-corrected chi connectivity index (χ4v) is 8.29. The number of likely N-dealkylation sites (N-methyl/N-ethyl adjacent to an activating group) is 1. The summed E-state index contributed by atoms with van der Waals surface area (Å²) in [7, 11) is 4.19. The van der Waals surface area contributed by atoms with E-state index in [4.69, 9.17) is 27.9 Å². The molecule has 3 fully saturated rings. The zero-order valence-electron chi connectivity index (χ0n) is 26.1. The van der Waals surface area contributed by atoms with E-state index in [1.165, 1.54) is 11.3 Å². The molecule has 1 aliphatic carbocycles. The summed E-state index contributed by atoms with van der Waals surface area (Å²) >= 11 is 14.8. The van der Waals surface area contributed by atoms with Crippen molar-refractivity contribution in [1.29, 1.82) is 0 Å². The fraction of sp³-hybridized carbons (Fsp3) is 0.500. The minimum Gasteiger partial charge on any atom is -0.481 e. The second kappa shape index (κ2) is 14.2. The molecule has 0 bridgehead atoms. The van der Waals surface area contributed by atoms with E-state index in [9.17, 15) is 19.5 Å². The van der Waals surface area contributed by atoms with Crippen molar-refractivity contribution in [2.24, 2.45) is 5.92 Å². The Balaban J connectivity index is 1.11. The van der Waals surface area contributed by atoms with Crippen LogP contribution >= 0.6 is 34.5 Å². The molecule has 3 aromatic rings. The molecule has 2 amide bonds. The summed E-state index contributed by atoms with van der Waals surface area (Å²) in [5.41, 5.74) is 1.56. The Bertz CT molecular complexity index is 1600. The number of thiophene rings is 1. The van der Waals surface area contributed by atoms with E-state index in [1.807, 2.05) is 34.5 Å². The fourth-order valence-electron chi connectivity index (χ4n) is 6.88. The zero-order valence-corrected chi connectivity index (χ0v) is 28.4. The first-order valence-electron chi connectivity index (χ1n) is 15.9. The highest BCUT2D eigenvalue weighted by atomic mass is 35.5. The number of carboxylic acids is 1. The van der Waals surface area contributed by atoms with Gasteiger partial charge in [-0.1, -0.05) is 41.4 Å². The average molecular weight is 688 g/mol. The van der Waals surface area contributed by atoms with Gasteiger partial charge in [0.15, 0.2) is 0 Å². The number of carboxylic acid groups (broad SMARTS) is 1. The molecule has 0 unspecified atom stereocenters. The largest absolute Gasteiger partial charge is 0.481 e. The maximum atomic E-state index is 13.9. The van der Waals surface area contributed by atoms with Crippen molar-refractivity contribution >= 4 is 68.1 Å². The third-order valence-corrected chi connectivity index (χ3v) is 11.5. The number of likely N-dealkylation sites (tertiary alicyclic amines) is 2. The maximum absolute atomic E-state index is 13.9. The van der Waals surface area contributed by atoms with Crippen molar-refractivity contribution < 1.29 is 24.2 Å². The van der Waals surface area contributed by atoms with Crippen molar-refractivity contribution in [3.8, 4) is 0 Å². The lowest BCUT2D eigenvalue weighted by Gasteiger charge is -2.46. The van der Waals surface area contributed by atoms with Crippen molar-refractivity contribution in [2.45, 2.75) is 62.8 Å².